The van der Waals surface area contributed by atoms with E-state index in [1.165, 1.54) is 11.3 Å². The maximum Gasteiger partial charge on any atom is 0.273 e. The van der Waals surface area contributed by atoms with Crippen LogP contribution >= 0.6 is 11.3 Å². The van der Waals surface area contributed by atoms with Gasteiger partial charge in [-0.25, -0.2) is 9.97 Å². The SMILES string of the molecule is Cc1nc(C(=O)N2CCCC3(CCC(=O)N(CCc4cnc[nH]4)C3)C2)cs1. The molecule has 1 unspecified atom stereocenters. The van der Waals surface area contributed by atoms with Crippen LogP contribution in [0.5, 0.6) is 0 Å². The summed E-state index contributed by atoms with van der Waals surface area (Å²) in [6, 6.07) is 0. The molecule has 27 heavy (non-hydrogen) atoms. The molecule has 2 aliphatic heterocycles. The molecule has 8 heteroatoms. The Balaban J connectivity index is 1.43. The van der Waals surface area contributed by atoms with Gasteiger partial charge in [-0.05, 0) is 26.2 Å². The van der Waals surface area contributed by atoms with Crippen molar-refractivity contribution in [2.75, 3.05) is 26.2 Å². The van der Waals surface area contributed by atoms with Gasteiger partial charge in [-0.15, -0.1) is 11.3 Å². The van der Waals surface area contributed by atoms with Crippen molar-refractivity contribution in [3.63, 3.8) is 0 Å². The first-order valence-corrected chi connectivity index (χ1v) is 10.4. The molecule has 1 spiro atoms. The highest BCUT2D eigenvalue weighted by Crippen LogP contribution is 2.39. The zero-order valence-corrected chi connectivity index (χ0v) is 16.4. The fourth-order valence-electron chi connectivity index (χ4n) is 4.32. The maximum atomic E-state index is 12.8. The summed E-state index contributed by atoms with van der Waals surface area (Å²) in [6.07, 6.45) is 7.74. The zero-order chi connectivity index (χ0) is 18.9. The number of nitrogens with one attached hydrogen (secondary N) is 1. The lowest BCUT2D eigenvalue weighted by atomic mass is 9.73. The van der Waals surface area contributed by atoms with E-state index in [1.54, 1.807) is 12.5 Å². The molecule has 0 bridgehead atoms. The molecule has 2 amide bonds. The Labute approximate surface area is 162 Å². The average Bonchev–Trinajstić information content (AvgIpc) is 3.34. The van der Waals surface area contributed by atoms with Gasteiger partial charge in [0.2, 0.25) is 5.91 Å². The number of carbonyl (C=O) groups excluding carboxylic acids is 2. The smallest absolute Gasteiger partial charge is 0.273 e. The van der Waals surface area contributed by atoms with Gasteiger partial charge in [-0.2, -0.15) is 0 Å². The quantitative estimate of drug-likeness (QED) is 0.872. The van der Waals surface area contributed by atoms with Gasteiger partial charge in [-0.1, -0.05) is 0 Å². The molecule has 0 radical (unpaired) electrons. The van der Waals surface area contributed by atoms with E-state index in [-0.39, 0.29) is 17.2 Å². The van der Waals surface area contributed by atoms with Gasteiger partial charge in [0.05, 0.1) is 11.3 Å². The lowest BCUT2D eigenvalue weighted by molar-refractivity contribution is -0.138. The van der Waals surface area contributed by atoms with Gasteiger partial charge < -0.3 is 14.8 Å². The van der Waals surface area contributed by atoms with Crippen LogP contribution in [0.25, 0.3) is 0 Å². The standard InChI is InChI=1S/C19H25N5O2S/c1-14-22-16(10-27-14)18(26)24-7-2-5-19(12-24)6-3-17(25)23(11-19)8-4-15-9-20-13-21-15/h9-10,13H,2-8,11-12H2,1H3,(H,20,21). The molecule has 2 aromatic rings. The van der Waals surface area contributed by atoms with Crippen LogP contribution in [-0.4, -0.2) is 62.7 Å². The molecule has 0 aliphatic carbocycles. The lowest BCUT2D eigenvalue weighted by Crippen LogP contribution is -2.55. The highest BCUT2D eigenvalue weighted by molar-refractivity contribution is 7.09. The monoisotopic (exact) mass is 387 g/mol. The first-order valence-electron chi connectivity index (χ1n) is 9.51. The van der Waals surface area contributed by atoms with Crippen molar-refractivity contribution in [3.05, 3.63) is 34.3 Å². The van der Waals surface area contributed by atoms with Gasteiger partial charge in [0.15, 0.2) is 0 Å². The lowest BCUT2D eigenvalue weighted by Gasteiger charge is -2.48. The van der Waals surface area contributed by atoms with Gasteiger partial charge in [0.1, 0.15) is 5.69 Å². The molecule has 2 aromatic heterocycles. The number of aromatic nitrogens is 3. The molecule has 2 aliphatic rings. The molecule has 1 N–H and O–H groups in total. The summed E-state index contributed by atoms with van der Waals surface area (Å²) in [7, 11) is 0. The second-order valence-electron chi connectivity index (χ2n) is 7.72. The number of hydrogen-bond acceptors (Lipinski definition) is 5. The predicted molar refractivity (Wildman–Crippen MR) is 103 cm³/mol. The van der Waals surface area contributed by atoms with E-state index in [1.807, 2.05) is 22.1 Å². The number of carbonyl (C=O) groups is 2. The molecular weight excluding hydrogens is 362 g/mol. The Hall–Kier alpha value is -2.22. The van der Waals surface area contributed by atoms with Crippen LogP contribution in [0.15, 0.2) is 17.9 Å². The van der Waals surface area contributed by atoms with Gasteiger partial charge >= 0.3 is 0 Å². The molecule has 0 saturated carbocycles. The highest BCUT2D eigenvalue weighted by atomic mass is 32.1. The Kier molecular flexibility index (Phi) is 4.99. The third-order valence-corrected chi connectivity index (χ3v) is 6.51. The van der Waals surface area contributed by atoms with Crippen LogP contribution in [0.1, 0.15) is 46.9 Å². The summed E-state index contributed by atoms with van der Waals surface area (Å²) >= 11 is 1.51. The summed E-state index contributed by atoms with van der Waals surface area (Å²) in [5.74, 6) is 0.248. The van der Waals surface area contributed by atoms with Gasteiger partial charge in [0.25, 0.3) is 5.91 Å². The molecule has 2 saturated heterocycles. The summed E-state index contributed by atoms with van der Waals surface area (Å²) in [5, 5.41) is 2.76. The number of aromatic amines is 1. The Morgan fingerprint density at radius 1 is 1.37 bits per heavy atom. The summed E-state index contributed by atoms with van der Waals surface area (Å²) < 4.78 is 0. The molecule has 7 nitrogen and oxygen atoms in total. The Bertz CT molecular complexity index is 818. The zero-order valence-electron chi connectivity index (χ0n) is 15.6. The average molecular weight is 388 g/mol. The van der Waals surface area contributed by atoms with Crippen molar-refractivity contribution in [2.24, 2.45) is 5.41 Å². The third kappa shape index (κ3) is 3.90. The number of imidazole rings is 1. The van der Waals surface area contributed by atoms with Crippen molar-refractivity contribution in [2.45, 2.75) is 39.0 Å². The fourth-order valence-corrected chi connectivity index (χ4v) is 4.91. The first-order chi connectivity index (χ1) is 13.0. The molecule has 4 rings (SSSR count). The number of piperidine rings is 2. The van der Waals surface area contributed by atoms with E-state index in [9.17, 15) is 9.59 Å². The van der Waals surface area contributed by atoms with E-state index in [0.717, 1.165) is 56.0 Å². The van der Waals surface area contributed by atoms with E-state index in [0.29, 0.717) is 18.7 Å². The maximum absolute atomic E-state index is 12.8. The largest absolute Gasteiger partial charge is 0.348 e. The van der Waals surface area contributed by atoms with E-state index in [2.05, 4.69) is 15.0 Å². The first kappa shape index (κ1) is 18.2. The Morgan fingerprint density at radius 3 is 3.00 bits per heavy atom. The third-order valence-electron chi connectivity index (χ3n) is 5.74. The number of aryl methyl sites for hydroxylation is 1. The number of likely N-dealkylation sites (tertiary alicyclic amines) is 2. The van der Waals surface area contributed by atoms with E-state index in [4.69, 9.17) is 0 Å². The van der Waals surface area contributed by atoms with Crippen molar-refractivity contribution >= 4 is 23.2 Å². The predicted octanol–water partition coefficient (Wildman–Crippen LogP) is 2.26. The van der Waals surface area contributed by atoms with Gasteiger partial charge in [0, 0.05) is 61.7 Å². The van der Waals surface area contributed by atoms with Crippen LogP contribution < -0.4 is 0 Å². The topological polar surface area (TPSA) is 82.2 Å². The van der Waals surface area contributed by atoms with Crippen molar-refractivity contribution in [3.8, 4) is 0 Å². The second kappa shape index (κ2) is 7.42. The summed E-state index contributed by atoms with van der Waals surface area (Å²) in [6.45, 7) is 4.85. The molecule has 1 atom stereocenters. The number of amides is 2. The van der Waals surface area contributed by atoms with Crippen LogP contribution in [-0.2, 0) is 11.2 Å². The van der Waals surface area contributed by atoms with Crippen LogP contribution in [0.2, 0.25) is 0 Å². The normalized spacial score (nSPS) is 23.2. The van der Waals surface area contributed by atoms with Crippen molar-refractivity contribution in [1.29, 1.82) is 0 Å². The van der Waals surface area contributed by atoms with E-state index >= 15 is 0 Å². The van der Waals surface area contributed by atoms with Crippen molar-refractivity contribution < 1.29 is 9.59 Å². The molecule has 4 heterocycles. The fraction of sp³-hybridized carbons (Fsp3) is 0.579. The minimum atomic E-state index is 0.0148. The minimum Gasteiger partial charge on any atom is -0.348 e. The van der Waals surface area contributed by atoms with E-state index < -0.39 is 0 Å². The summed E-state index contributed by atoms with van der Waals surface area (Å²) in [4.78, 5) is 40.7. The molecular formula is C19H25N5O2S. The number of nitrogens with zero attached hydrogens (tertiary/aromatic N) is 4. The van der Waals surface area contributed by atoms with Crippen LogP contribution in [0.3, 0.4) is 0 Å². The molecule has 0 aromatic carbocycles. The molecule has 2 fully saturated rings. The number of H-pyrrole nitrogens is 1. The van der Waals surface area contributed by atoms with Crippen LogP contribution in [0.4, 0.5) is 0 Å². The molecule has 144 valence electrons. The van der Waals surface area contributed by atoms with Gasteiger partial charge in [-0.3, -0.25) is 9.59 Å². The summed E-state index contributed by atoms with van der Waals surface area (Å²) in [5.41, 5.74) is 1.61. The Morgan fingerprint density at radius 2 is 2.26 bits per heavy atom. The second-order valence-corrected chi connectivity index (χ2v) is 8.79. The minimum absolute atomic E-state index is 0.0148. The highest BCUT2D eigenvalue weighted by Gasteiger charge is 2.42. The number of thiazole rings is 1. The van der Waals surface area contributed by atoms with Crippen LogP contribution in [0, 0.1) is 12.3 Å². The number of hydrogen-bond donors (Lipinski definition) is 1. The number of rotatable bonds is 4. The van der Waals surface area contributed by atoms with Crippen molar-refractivity contribution in [1.82, 2.24) is 24.8 Å².